The van der Waals surface area contributed by atoms with Crippen molar-refractivity contribution in [3.8, 4) is 11.1 Å². The molecule has 2 aromatic carbocycles. The summed E-state index contributed by atoms with van der Waals surface area (Å²) in [5.41, 5.74) is 3.45. The van der Waals surface area contributed by atoms with Crippen LogP contribution in [0.2, 0.25) is 5.02 Å². The molecule has 0 aliphatic carbocycles. The lowest BCUT2D eigenvalue weighted by atomic mass is 10.0. The average molecular weight is 347 g/mol. The van der Waals surface area contributed by atoms with Gasteiger partial charge in [-0.05, 0) is 48.6 Å². The van der Waals surface area contributed by atoms with E-state index in [9.17, 15) is 4.79 Å². The summed E-state index contributed by atoms with van der Waals surface area (Å²) in [6, 6.07) is 16.1. The minimum atomic E-state index is -0.474. The molecule has 0 aromatic heterocycles. The van der Waals surface area contributed by atoms with Crippen molar-refractivity contribution in [2.24, 2.45) is 0 Å². The van der Waals surface area contributed by atoms with E-state index in [0.717, 1.165) is 22.6 Å². The molecule has 3 nitrogen and oxygen atoms in total. The monoisotopic (exact) mass is 346 g/mol. The molecule has 0 saturated carbocycles. The SMILES string of the molecule is CCOC(=O)C(CC)OCCc1ccc(-c2ccc(Cl)cc2)cc1. The Hall–Kier alpha value is -1.84. The Labute approximate surface area is 148 Å². The van der Waals surface area contributed by atoms with Crippen molar-refractivity contribution in [1.29, 1.82) is 0 Å². The van der Waals surface area contributed by atoms with Gasteiger partial charge >= 0.3 is 5.97 Å². The van der Waals surface area contributed by atoms with Crippen LogP contribution in [0.4, 0.5) is 0 Å². The number of ether oxygens (including phenoxy) is 2. The maximum absolute atomic E-state index is 11.7. The van der Waals surface area contributed by atoms with Crippen molar-refractivity contribution >= 4 is 17.6 Å². The van der Waals surface area contributed by atoms with Gasteiger partial charge in [-0.25, -0.2) is 4.79 Å². The van der Waals surface area contributed by atoms with Crippen molar-refractivity contribution in [2.45, 2.75) is 32.8 Å². The first-order valence-electron chi connectivity index (χ1n) is 8.27. The molecule has 0 aliphatic rings. The minimum absolute atomic E-state index is 0.280. The van der Waals surface area contributed by atoms with Gasteiger partial charge in [-0.15, -0.1) is 0 Å². The van der Waals surface area contributed by atoms with Gasteiger partial charge in [0.25, 0.3) is 0 Å². The first kappa shape index (κ1) is 18.5. The van der Waals surface area contributed by atoms with E-state index in [1.54, 1.807) is 6.92 Å². The molecule has 4 heteroatoms. The van der Waals surface area contributed by atoms with E-state index in [1.165, 1.54) is 5.56 Å². The van der Waals surface area contributed by atoms with Crippen LogP contribution in [0.15, 0.2) is 48.5 Å². The molecule has 0 fully saturated rings. The van der Waals surface area contributed by atoms with Crippen LogP contribution in [0, 0.1) is 0 Å². The summed E-state index contributed by atoms with van der Waals surface area (Å²) in [6.45, 7) is 4.60. The number of benzene rings is 2. The van der Waals surface area contributed by atoms with Gasteiger partial charge in [-0.3, -0.25) is 0 Å². The van der Waals surface area contributed by atoms with E-state index < -0.39 is 6.10 Å². The van der Waals surface area contributed by atoms with Crippen molar-refractivity contribution < 1.29 is 14.3 Å². The van der Waals surface area contributed by atoms with E-state index >= 15 is 0 Å². The van der Waals surface area contributed by atoms with Gasteiger partial charge in [0.1, 0.15) is 0 Å². The summed E-state index contributed by atoms with van der Waals surface area (Å²) < 4.78 is 10.6. The van der Waals surface area contributed by atoms with Crippen LogP contribution < -0.4 is 0 Å². The highest BCUT2D eigenvalue weighted by Gasteiger charge is 2.17. The first-order chi connectivity index (χ1) is 11.6. The van der Waals surface area contributed by atoms with Gasteiger partial charge in [0.15, 0.2) is 6.10 Å². The summed E-state index contributed by atoms with van der Waals surface area (Å²) in [5.74, 6) is -0.280. The van der Waals surface area contributed by atoms with Gasteiger partial charge in [-0.2, -0.15) is 0 Å². The Bertz CT molecular complexity index is 635. The highest BCUT2D eigenvalue weighted by atomic mass is 35.5. The lowest BCUT2D eigenvalue weighted by molar-refractivity contribution is -0.156. The molecule has 0 radical (unpaired) electrons. The molecule has 24 heavy (non-hydrogen) atoms. The van der Waals surface area contributed by atoms with Crippen LogP contribution in [0.1, 0.15) is 25.8 Å². The fourth-order valence-corrected chi connectivity index (χ4v) is 2.54. The van der Waals surface area contributed by atoms with E-state index in [4.69, 9.17) is 21.1 Å². The molecule has 0 amide bonds. The molecule has 0 spiro atoms. The highest BCUT2D eigenvalue weighted by Crippen LogP contribution is 2.22. The van der Waals surface area contributed by atoms with Gasteiger partial charge in [0.2, 0.25) is 0 Å². The Morgan fingerprint density at radius 3 is 2.12 bits per heavy atom. The fraction of sp³-hybridized carbons (Fsp3) is 0.350. The first-order valence-corrected chi connectivity index (χ1v) is 8.65. The Morgan fingerprint density at radius 2 is 1.58 bits per heavy atom. The summed E-state index contributed by atoms with van der Waals surface area (Å²) in [4.78, 5) is 11.7. The van der Waals surface area contributed by atoms with E-state index in [-0.39, 0.29) is 5.97 Å². The van der Waals surface area contributed by atoms with E-state index in [0.29, 0.717) is 19.6 Å². The number of esters is 1. The number of carbonyl (C=O) groups excluding carboxylic acids is 1. The number of rotatable bonds is 8. The Kier molecular flexibility index (Phi) is 7.29. The van der Waals surface area contributed by atoms with Crippen LogP contribution >= 0.6 is 11.6 Å². The molecular formula is C20H23ClO3. The van der Waals surface area contributed by atoms with E-state index in [1.807, 2.05) is 31.2 Å². The molecule has 0 heterocycles. The van der Waals surface area contributed by atoms with Gasteiger partial charge in [0, 0.05) is 5.02 Å². The third-order valence-corrected chi connectivity index (χ3v) is 4.01. The molecular weight excluding hydrogens is 324 g/mol. The number of hydrogen-bond acceptors (Lipinski definition) is 3. The molecule has 0 N–H and O–H groups in total. The smallest absolute Gasteiger partial charge is 0.335 e. The number of halogens is 1. The molecule has 0 bridgehead atoms. The summed E-state index contributed by atoms with van der Waals surface area (Å²) >= 11 is 5.91. The van der Waals surface area contributed by atoms with Crippen LogP contribution in [-0.2, 0) is 20.7 Å². The molecule has 0 saturated heterocycles. The van der Waals surface area contributed by atoms with Crippen molar-refractivity contribution in [3.05, 3.63) is 59.1 Å². The minimum Gasteiger partial charge on any atom is -0.464 e. The van der Waals surface area contributed by atoms with Gasteiger partial charge in [-0.1, -0.05) is 54.9 Å². The average Bonchev–Trinajstić information content (AvgIpc) is 2.60. The second-order valence-corrected chi connectivity index (χ2v) is 5.91. The predicted octanol–water partition coefficient (Wildman–Crippen LogP) is 4.91. The summed E-state index contributed by atoms with van der Waals surface area (Å²) in [7, 11) is 0. The summed E-state index contributed by atoms with van der Waals surface area (Å²) in [6.07, 6.45) is 0.906. The van der Waals surface area contributed by atoms with Gasteiger partial charge < -0.3 is 9.47 Å². The number of carbonyl (C=O) groups is 1. The maximum Gasteiger partial charge on any atom is 0.335 e. The largest absolute Gasteiger partial charge is 0.464 e. The normalized spacial score (nSPS) is 12.0. The summed E-state index contributed by atoms with van der Waals surface area (Å²) in [5, 5.41) is 0.736. The zero-order chi connectivity index (χ0) is 17.4. The molecule has 1 atom stereocenters. The maximum atomic E-state index is 11.7. The molecule has 0 aliphatic heterocycles. The number of hydrogen-bond donors (Lipinski definition) is 0. The standard InChI is InChI=1S/C20H23ClO3/c1-3-19(20(22)23-4-2)24-14-13-15-5-7-16(8-6-15)17-9-11-18(21)12-10-17/h5-12,19H,3-4,13-14H2,1-2H3. The quantitative estimate of drug-likeness (QED) is 0.637. The molecule has 2 aromatic rings. The van der Waals surface area contributed by atoms with Crippen molar-refractivity contribution in [2.75, 3.05) is 13.2 Å². The zero-order valence-electron chi connectivity index (χ0n) is 14.1. The van der Waals surface area contributed by atoms with Crippen molar-refractivity contribution in [3.63, 3.8) is 0 Å². The zero-order valence-corrected chi connectivity index (χ0v) is 14.9. The third kappa shape index (κ3) is 5.36. The Balaban J connectivity index is 1.87. The second kappa shape index (κ2) is 9.45. The molecule has 1 unspecified atom stereocenters. The predicted molar refractivity (Wildman–Crippen MR) is 97.3 cm³/mol. The third-order valence-electron chi connectivity index (χ3n) is 3.76. The highest BCUT2D eigenvalue weighted by molar-refractivity contribution is 6.30. The topological polar surface area (TPSA) is 35.5 Å². The fourth-order valence-electron chi connectivity index (χ4n) is 2.41. The van der Waals surface area contributed by atoms with Crippen molar-refractivity contribution in [1.82, 2.24) is 0 Å². The van der Waals surface area contributed by atoms with Crippen LogP contribution in [0.3, 0.4) is 0 Å². The Morgan fingerprint density at radius 1 is 1.00 bits per heavy atom. The van der Waals surface area contributed by atoms with Crippen LogP contribution in [-0.4, -0.2) is 25.3 Å². The second-order valence-electron chi connectivity index (χ2n) is 5.47. The molecule has 128 valence electrons. The van der Waals surface area contributed by atoms with Gasteiger partial charge in [0.05, 0.1) is 13.2 Å². The van der Waals surface area contributed by atoms with Crippen LogP contribution in [0.5, 0.6) is 0 Å². The lowest BCUT2D eigenvalue weighted by Crippen LogP contribution is -2.26. The van der Waals surface area contributed by atoms with E-state index in [2.05, 4.69) is 24.3 Å². The van der Waals surface area contributed by atoms with Crippen LogP contribution in [0.25, 0.3) is 11.1 Å². The molecule has 2 rings (SSSR count). The lowest BCUT2D eigenvalue weighted by Gasteiger charge is -2.14.